The van der Waals surface area contributed by atoms with E-state index in [1.165, 1.54) is 0 Å². The van der Waals surface area contributed by atoms with E-state index in [2.05, 4.69) is 14.5 Å². The molecule has 0 bridgehead atoms. The number of carbonyl (C=O) groups excluding carboxylic acids is 2. The van der Waals surface area contributed by atoms with E-state index in [4.69, 9.17) is 5.73 Å². The van der Waals surface area contributed by atoms with Gasteiger partial charge in [-0.3, -0.25) is 10.1 Å². The molecule has 0 saturated heterocycles. The van der Waals surface area contributed by atoms with Crippen molar-refractivity contribution in [1.29, 1.82) is 0 Å². The lowest BCUT2D eigenvalue weighted by Gasteiger charge is -2.10. The van der Waals surface area contributed by atoms with Gasteiger partial charge in [0.2, 0.25) is 11.8 Å². The summed E-state index contributed by atoms with van der Waals surface area (Å²) in [5.41, 5.74) is 4.94. The molecular formula is C10H10F3N3O5. The number of rotatable bonds is 4. The van der Waals surface area contributed by atoms with Crippen molar-refractivity contribution in [3.05, 3.63) is 12.1 Å². The molecule has 0 aliphatic heterocycles. The minimum atomic E-state index is -4.58. The van der Waals surface area contributed by atoms with Gasteiger partial charge in [0, 0.05) is 6.07 Å². The van der Waals surface area contributed by atoms with E-state index in [0.717, 1.165) is 12.1 Å². The molecule has 0 spiro atoms. The summed E-state index contributed by atoms with van der Waals surface area (Å²) in [5.74, 6) is -2.75. The van der Waals surface area contributed by atoms with Crippen molar-refractivity contribution in [2.45, 2.75) is 6.18 Å². The van der Waals surface area contributed by atoms with Crippen LogP contribution in [0.15, 0.2) is 12.1 Å². The summed E-state index contributed by atoms with van der Waals surface area (Å²) in [6.07, 6.45) is -5.88. The molecule has 116 valence electrons. The van der Waals surface area contributed by atoms with Crippen molar-refractivity contribution in [2.75, 3.05) is 13.2 Å². The largest absolute Gasteiger partial charge is 0.503 e. The summed E-state index contributed by atoms with van der Waals surface area (Å²) < 4.78 is 44.6. The molecule has 0 fully saturated rings. The van der Waals surface area contributed by atoms with Crippen molar-refractivity contribution < 1.29 is 37.3 Å². The number of halogens is 3. The highest BCUT2D eigenvalue weighted by Gasteiger charge is 2.29. The van der Waals surface area contributed by atoms with Gasteiger partial charge in [-0.2, -0.15) is 18.2 Å². The number of nitrogens with one attached hydrogen (secondary N) is 1. The minimum Gasteiger partial charge on any atom is -0.503 e. The second-order valence-electron chi connectivity index (χ2n) is 3.52. The van der Waals surface area contributed by atoms with Gasteiger partial charge in [-0.1, -0.05) is 0 Å². The van der Waals surface area contributed by atoms with Gasteiger partial charge in [0.25, 0.3) is 5.88 Å². The predicted octanol–water partition coefficient (Wildman–Crippen LogP) is 0.302. The van der Waals surface area contributed by atoms with Gasteiger partial charge in [0.1, 0.15) is 0 Å². The summed E-state index contributed by atoms with van der Waals surface area (Å²) in [7, 11) is 0. The number of hydrogen-bond acceptors (Lipinski definition) is 7. The van der Waals surface area contributed by atoms with Gasteiger partial charge < -0.3 is 20.3 Å². The number of amides is 2. The molecule has 4 N–H and O–H groups in total. The van der Waals surface area contributed by atoms with E-state index in [-0.39, 0.29) is 0 Å². The highest BCUT2D eigenvalue weighted by molar-refractivity contribution is 5.93. The third-order valence-electron chi connectivity index (χ3n) is 1.81. The second kappa shape index (κ2) is 6.74. The van der Waals surface area contributed by atoms with Crippen LogP contribution in [0.2, 0.25) is 0 Å². The van der Waals surface area contributed by atoms with Crippen LogP contribution < -0.4 is 20.5 Å². The fraction of sp³-hybridized carbons (Fsp3) is 0.300. The van der Waals surface area contributed by atoms with Gasteiger partial charge in [0.05, 0.1) is 6.54 Å². The zero-order valence-corrected chi connectivity index (χ0v) is 10.3. The van der Waals surface area contributed by atoms with Gasteiger partial charge in [-0.25, -0.2) is 4.79 Å². The van der Waals surface area contributed by atoms with E-state index in [0.29, 0.717) is 0 Å². The number of nitrogens with two attached hydrogens (primary N) is 1. The molecule has 0 saturated carbocycles. The maximum absolute atomic E-state index is 12.0. The van der Waals surface area contributed by atoms with E-state index in [1.54, 1.807) is 5.32 Å². The van der Waals surface area contributed by atoms with Crippen molar-refractivity contribution >= 4 is 12.0 Å². The first-order valence-corrected chi connectivity index (χ1v) is 5.32. The Labute approximate surface area is 115 Å². The lowest BCUT2D eigenvalue weighted by Crippen LogP contribution is -2.37. The van der Waals surface area contributed by atoms with Crippen molar-refractivity contribution in [3.63, 3.8) is 0 Å². The number of hydrogen-bond donors (Lipinski definition) is 3. The van der Waals surface area contributed by atoms with Crippen LogP contribution in [0, 0.1) is 0 Å². The molecule has 1 aromatic heterocycles. The third-order valence-corrected chi connectivity index (χ3v) is 1.81. The van der Waals surface area contributed by atoms with E-state index in [1.807, 2.05) is 0 Å². The van der Waals surface area contributed by atoms with Crippen LogP contribution in [0.5, 0.6) is 17.5 Å². The van der Waals surface area contributed by atoms with E-state index < -0.39 is 48.8 Å². The van der Waals surface area contributed by atoms with Crippen LogP contribution in [0.4, 0.5) is 18.0 Å². The SMILES string of the molecule is NCC(=O)NC(=O)Oc1nc(OCC(F)(F)F)ccc1O. The molecule has 0 aromatic carbocycles. The number of ether oxygens (including phenoxy) is 2. The van der Waals surface area contributed by atoms with Gasteiger partial charge in [0.15, 0.2) is 12.4 Å². The molecule has 11 heteroatoms. The molecule has 0 radical (unpaired) electrons. The average Bonchev–Trinajstić information content (AvgIpc) is 2.38. The Morgan fingerprint density at radius 2 is 2.05 bits per heavy atom. The average molecular weight is 309 g/mol. The maximum atomic E-state index is 12.0. The van der Waals surface area contributed by atoms with Crippen LogP contribution in [-0.4, -0.2) is 41.4 Å². The zero-order valence-electron chi connectivity index (χ0n) is 10.3. The fourth-order valence-electron chi connectivity index (χ4n) is 1.01. The topological polar surface area (TPSA) is 124 Å². The van der Waals surface area contributed by atoms with Gasteiger partial charge in [-0.15, -0.1) is 0 Å². The number of nitrogens with zero attached hydrogens (tertiary/aromatic N) is 1. The van der Waals surface area contributed by atoms with E-state index >= 15 is 0 Å². The second-order valence-corrected chi connectivity index (χ2v) is 3.52. The highest BCUT2D eigenvalue weighted by atomic mass is 19.4. The Kier molecular flexibility index (Phi) is 5.30. The molecule has 21 heavy (non-hydrogen) atoms. The van der Waals surface area contributed by atoms with Crippen molar-refractivity contribution in [3.8, 4) is 17.5 Å². The summed E-state index contributed by atoms with van der Waals surface area (Å²) in [6.45, 7) is -2.09. The summed E-state index contributed by atoms with van der Waals surface area (Å²) >= 11 is 0. The number of alkyl halides is 3. The zero-order chi connectivity index (χ0) is 16.0. The third kappa shape index (κ3) is 5.95. The molecule has 1 heterocycles. The fourth-order valence-corrected chi connectivity index (χ4v) is 1.01. The Balaban J connectivity index is 2.73. The normalized spacial score (nSPS) is 10.9. The van der Waals surface area contributed by atoms with Gasteiger partial charge >= 0.3 is 12.3 Å². The summed E-state index contributed by atoms with van der Waals surface area (Å²) in [4.78, 5) is 25.3. The first-order chi connectivity index (χ1) is 9.71. The van der Waals surface area contributed by atoms with Gasteiger partial charge in [-0.05, 0) is 6.07 Å². The Morgan fingerprint density at radius 1 is 1.38 bits per heavy atom. The quantitative estimate of drug-likeness (QED) is 0.730. The molecule has 0 unspecified atom stereocenters. The van der Waals surface area contributed by atoms with Crippen molar-refractivity contribution in [2.24, 2.45) is 5.73 Å². The summed E-state index contributed by atoms with van der Waals surface area (Å²) in [5, 5.41) is 11.0. The number of pyridine rings is 1. The molecule has 2 amide bonds. The molecule has 0 aliphatic carbocycles. The lowest BCUT2D eigenvalue weighted by atomic mass is 10.4. The molecular weight excluding hydrogens is 299 g/mol. The predicted molar refractivity (Wildman–Crippen MR) is 60.7 cm³/mol. The van der Waals surface area contributed by atoms with E-state index in [9.17, 15) is 27.9 Å². The maximum Gasteiger partial charge on any atom is 0.422 e. The number of carbonyl (C=O) groups is 2. The van der Waals surface area contributed by atoms with Crippen LogP contribution in [-0.2, 0) is 4.79 Å². The molecule has 8 nitrogen and oxygen atoms in total. The number of imide groups is 1. The molecule has 0 aliphatic rings. The van der Waals surface area contributed by atoms with Crippen LogP contribution in [0.3, 0.4) is 0 Å². The first kappa shape index (κ1) is 16.5. The smallest absolute Gasteiger partial charge is 0.422 e. The molecule has 1 aromatic rings. The van der Waals surface area contributed by atoms with Crippen LogP contribution >= 0.6 is 0 Å². The number of aromatic nitrogens is 1. The summed E-state index contributed by atoms with van der Waals surface area (Å²) in [6, 6.07) is 1.85. The van der Waals surface area contributed by atoms with Crippen molar-refractivity contribution in [1.82, 2.24) is 10.3 Å². The standard InChI is InChI=1S/C10H10F3N3O5/c11-10(12,13)4-20-7-2-1-5(17)8(16-7)21-9(19)15-6(18)3-14/h1-2,17H,3-4,14H2,(H,15,18,19). The number of aromatic hydroxyl groups is 1. The highest BCUT2D eigenvalue weighted by Crippen LogP contribution is 2.27. The molecule has 1 rings (SSSR count). The Morgan fingerprint density at radius 3 is 2.62 bits per heavy atom. The van der Waals surface area contributed by atoms with Crippen LogP contribution in [0.25, 0.3) is 0 Å². The Hall–Kier alpha value is -2.56. The molecule has 0 atom stereocenters. The first-order valence-electron chi connectivity index (χ1n) is 5.32. The minimum absolute atomic E-state index is 0.483. The van der Waals surface area contributed by atoms with Crippen LogP contribution in [0.1, 0.15) is 0 Å². The lowest BCUT2D eigenvalue weighted by molar-refractivity contribution is -0.154. The monoisotopic (exact) mass is 309 g/mol. The Bertz CT molecular complexity index is 535.